The number of nitrogens with zero attached hydrogens (tertiary/aromatic N) is 3. The zero-order valence-corrected chi connectivity index (χ0v) is 29.3. The second-order valence-electron chi connectivity index (χ2n) is 13.6. The predicted molar refractivity (Wildman–Crippen MR) is 224 cm³/mol. The number of thiophene rings is 1. The minimum absolute atomic E-state index is 0.650. The molecule has 0 spiro atoms. The van der Waals surface area contributed by atoms with E-state index in [-0.39, 0.29) is 0 Å². The molecule has 9 aromatic carbocycles. The molecule has 2 aromatic heterocycles. The van der Waals surface area contributed by atoms with Crippen LogP contribution in [0, 0.1) is 0 Å². The van der Waals surface area contributed by atoms with Crippen LogP contribution in [-0.2, 0) is 0 Å². The first-order chi connectivity index (χ1) is 26.2. The molecule has 0 bridgehead atoms. The summed E-state index contributed by atoms with van der Waals surface area (Å²) in [4.78, 5) is 14.9. The second-order valence-corrected chi connectivity index (χ2v) is 14.7. The molecule has 53 heavy (non-hydrogen) atoms. The van der Waals surface area contributed by atoms with Crippen LogP contribution in [0.25, 0.3) is 109 Å². The first-order valence-electron chi connectivity index (χ1n) is 17.9. The summed E-state index contributed by atoms with van der Waals surface area (Å²) in [6.45, 7) is 0. The Morgan fingerprint density at radius 1 is 0.283 bits per heavy atom. The van der Waals surface area contributed by atoms with Crippen molar-refractivity contribution in [2.75, 3.05) is 0 Å². The highest BCUT2D eigenvalue weighted by Crippen LogP contribution is 2.44. The van der Waals surface area contributed by atoms with E-state index in [1.54, 1.807) is 0 Å². The van der Waals surface area contributed by atoms with Gasteiger partial charge in [-0.15, -0.1) is 11.3 Å². The first kappa shape index (κ1) is 29.9. The van der Waals surface area contributed by atoms with Crippen LogP contribution in [0.15, 0.2) is 176 Å². The van der Waals surface area contributed by atoms with Crippen LogP contribution in [0.1, 0.15) is 0 Å². The standard InChI is InChI=1S/C49H29N3S/c1-3-13-31(14-4-1)47-50-48(32-15-5-2-6-16-32)52-49(51-47)35-18-11-17-33(26-35)34-22-24-39-40(27-34)37-20-9-10-21-38(37)41-28-43-45(29-42(39)41)53-44-25-23-30-12-7-8-19-36(30)46(43)44/h1-29H. The van der Waals surface area contributed by atoms with E-state index in [2.05, 4.69) is 115 Å². The number of benzene rings is 9. The van der Waals surface area contributed by atoms with Crippen molar-refractivity contribution in [1.29, 1.82) is 0 Å². The monoisotopic (exact) mass is 691 g/mol. The zero-order valence-electron chi connectivity index (χ0n) is 28.5. The fraction of sp³-hybridized carbons (Fsp3) is 0. The van der Waals surface area contributed by atoms with Crippen molar-refractivity contribution in [3.8, 4) is 45.3 Å². The van der Waals surface area contributed by atoms with Crippen LogP contribution in [0.3, 0.4) is 0 Å². The lowest BCUT2D eigenvalue weighted by atomic mass is 9.91. The molecule has 0 saturated carbocycles. The lowest BCUT2D eigenvalue weighted by molar-refractivity contribution is 1.07. The topological polar surface area (TPSA) is 38.7 Å². The molecule has 0 aliphatic carbocycles. The summed E-state index contributed by atoms with van der Waals surface area (Å²) >= 11 is 1.89. The summed E-state index contributed by atoms with van der Waals surface area (Å²) in [6, 6.07) is 62.7. The SMILES string of the molecule is c1ccc(-c2nc(-c3ccccc3)nc(-c3cccc(-c4ccc5c(c4)c4ccccc4c4cc6c(cc54)sc4ccc5ccccc5c46)c3)n2)cc1. The summed E-state index contributed by atoms with van der Waals surface area (Å²) in [5, 5.41) is 12.9. The summed E-state index contributed by atoms with van der Waals surface area (Å²) in [6.07, 6.45) is 0. The largest absolute Gasteiger partial charge is 0.208 e. The molecule has 0 saturated heterocycles. The summed E-state index contributed by atoms with van der Waals surface area (Å²) in [5.74, 6) is 1.96. The summed E-state index contributed by atoms with van der Waals surface area (Å²) in [7, 11) is 0. The maximum Gasteiger partial charge on any atom is 0.164 e. The Hall–Kier alpha value is -6.75. The highest BCUT2D eigenvalue weighted by atomic mass is 32.1. The van der Waals surface area contributed by atoms with Crippen molar-refractivity contribution in [3.63, 3.8) is 0 Å². The van der Waals surface area contributed by atoms with Gasteiger partial charge in [-0.05, 0) is 84.5 Å². The fourth-order valence-electron chi connectivity index (χ4n) is 7.95. The van der Waals surface area contributed by atoms with Crippen molar-refractivity contribution >= 4 is 74.6 Å². The molecule has 0 aliphatic heterocycles. The molecule has 0 unspecified atom stereocenters. The molecule has 4 heteroatoms. The van der Waals surface area contributed by atoms with E-state index in [1.807, 2.05) is 72.0 Å². The van der Waals surface area contributed by atoms with Gasteiger partial charge in [0.25, 0.3) is 0 Å². The average Bonchev–Trinajstić information content (AvgIpc) is 3.61. The summed E-state index contributed by atoms with van der Waals surface area (Å²) in [5.41, 5.74) is 5.13. The van der Waals surface area contributed by atoms with Gasteiger partial charge in [0, 0.05) is 36.9 Å². The third kappa shape index (κ3) is 4.91. The van der Waals surface area contributed by atoms with E-state index in [0.717, 1.165) is 27.8 Å². The van der Waals surface area contributed by atoms with Gasteiger partial charge in [-0.25, -0.2) is 15.0 Å². The van der Waals surface area contributed by atoms with Gasteiger partial charge in [-0.1, -0.05) is 146 Å². The minimum atomic E-state index is 0.650. The first-order valence-corrected chi connectivity index (χ1v) is 18.7. The molecular weight excluding hydrogens is 663 g/mol. The molecule has 0 atom stereocenters. The number of aromatic nitrogens is 3. The van der Waals surface area contributed by atoms with E-state index in [0.29, 0.717) is 17.5 Å². The minimum Gasteiger partial charge on any atom is -0.208 e. The molecule has 2 heterocycles. The molecular formula is C49H29N3S. The van der Waals surface area contributed by atoms with E-state index in [4.69, 9.17) is 15.0 Å². The Labute approximate surface area is 309 Å². The molecule has 11 rings (SSSR count). The van der Waals surface area contributed by atoms with E-state index >= 15 is 0 Å². The van der Waals surface area contributed by atoms with E-state index in [1.165, 1.54) is 63.3 Å². The van der Waals surface area contributed by atoms with Crippen LogP contribution in [0.5, 0.6) is 0 Å². The van der Waals surface area contributed by atoms with Crippen molar-refractivity contribution in [2.24, 2.45) is 0 Å². The van der Waals surface area contributed by atoms with Crippen LogP contribution in [0.4, 0.5) is 0 Å². The average molecular weight is 692 g/mol. The lowest BCUT2D eigenvalue weighted by Crippen LogP contribution is -2.00. The van der Waals surface area contributed by atoms with Gasteiger partial charge in [-0.3, -0.25) is 0 Å². The number of fused-ring (bicyclic) bond motifs is 11. The quantitative estimate of drug-likeness (QED) is 0.172. The highest BCUT2D eigenvalue weighted by molar-refractivity contribution is 7.26. The Balaban J connectivity index is 1.09. The highest BCUT2D eigenvalue weighted by Gasteiger charge is 2.16. The van der Waals surface area contributed by atoms with Gasteiger partial charge >= 0.3 is 0 Å². The molecule has 0 radical (unpaired) electrons. The Kier molecular flexibility index (Phi) is 6.73. The predicted octanol–water partition coefficient (Wildman–Crippen LogP) is 13.5. The van der Waals surface area contributed by atoms with Crippen molar-refractivity contribution in [3.05, 3.63) is 176 Å². The molecule has 0 N–H and O–H groups in total. The Bertz CT molecular complexity index is 3160. The van der Waals surface area contributed by atoms with Gasteiger partial charge in [0.15, 0.2) is 17.5 Å². The van der Waals surface area contributed by atoms with Gasteiger partial charge in [-0.2, -0.15) is 0 Å². The third-order valence-electron chi connectivity index (χ3n) is 10.5. The molecule has 11 aromatic rings. The van der Waals surface area contributed by atoms with Gasteiger partial charge in [0.2, 0.25) is 0 Å². The number of hydrogen-bond acceptors (Lipinski definition) is 4. The maximum atomic E-state index is 5.00. The second kappa shape index (κ2) is 11.9. The maximum absolute atomic E-state index is 5.00. The molecule has 0 amide bonds. The van der Waals surface area contributed by atoms with Crippen LogP contribution in [-0.4, -0.2) is 15.0 Å². The molecule has 246 valence electrons. The summed E-state index contributed by atoms with van der Waals surface area (Å²) < 4.78 is 2.65. The fourth-order valence-corrected chi connectivity index (χ4v) is 9.09. The normalized spacial score (nSPS) is 11.8. The van der Waals surface area contributed by atoms with Crippen LogP contribution in [0.2, 0.25) is 0 Å². The van der Waals surface area contributed by atoms with Gasteiger partial charge < -0.3 is 0 Å². The molecule has 0 fully saturated rings. The zero-order chi connectivity index (χ0) is 34.9. The number of hydrogen-bond donors (Lipinski definition) is 0. The van der Waals surface area contributed by atoms with Crippen molar-refractivity contribution < 1.29 is 0 Å². The van der Waals surface area contributed by atoms with Crippen LogP contribution >= 0.6 is 11.3 Å². The van der Waals surface area contributed by atoms with Crippen molar-refractivity contribution in [2.45, 2.75) is 0 Å². The molecule has 3 nitrogen and oxygen atoms in total. The van der Waals surface area contributed by atoms with E-state index < -0.39 is 0 Å². The lowest BCUT2D eigenvalue weighted by Gasteiger charge is -2.13. The Morgan fingerprint density at radius 3 is 1.53 bits per heavy atom. The molecule has 0 aliphatic rings. The third-order valence-corrected chi connectivity index (χ3v) is 11.6. The van der Waals surface area contributed by atoms with Crippen molar-refractivity contribution in [1.82, 2.24) is 15.0 Å². The van der Waals surface area contributed by atoms with Gasteiger partial charge in [0.05, 0.1) is 0 Å². The van der Waals surface area contributed by atoms with E-state index in [9.17, 15) is 0 Å². The Morgan fingerprint density at radius 2 is 0.811 bits per heavy atom. The number of rotatable bonds is 4. The van der Waals surface area contributed by atoms with Crippen LogP contribution < -0.4 is 0 Å². The van der Waals surface area contributed by atoms with Gasteiger partial charge in [0.1, 0.15) is 0 Å². The smallest absolute Gasteiger partial charge is 0.164 e.